The third-order valence-corrected chi connectivity index (χ3v) is 4.00. The van der Waals surface area contributed by atoms with Crippen molar-refractivity contribution in [3.63, 3.8) is 0 Å². The van der Waals surface area contributed by atoms with Crippen LogP contribution in [0.2, 0.25) is 0 Å². The van der Waals surface area contributed by atoms with Crippen LogP contribution in [0.4, 0.5) is 5.00 Å². The summed E-state index contributed by atoms with van der Waals surface area (Å²) in [5.74, 6) is 1.38. The van der Waals surface area contributed by atoms with E-state index in [4.69, 9.17) is 0 Å². The minimum atomic E-state index is 0. The van der Waals surface area contributed by atoms with Crippen LogP contribution in [0, 0.1) is 18.8 Å². The fourth-order valence-electron chi connectivity index (χ4n) is 1.98. The smallest absolute Gasteiger partial charge is 0.238 e. The number of anilines is 1. The Morgan fingerprint density at radius 1 is 1.45 bits per heavy atom. The fraction of sp³-hybridized carbons (Fsp3) is 0.714. The number of carbonyl (C=O) groups excluding carboxylic acids is 1. The lowest BCUT2D eigenvalue weighted by Gasteiger charge is -2.07. The molecule has 20 heavy (non-hydrogen) atoms. The van der Waals surface area contributed by atoms with Crippen LogP contribution in [0.25, 0.3) is 0 Å². The van der Waals surface area contributed by atoms with Gasteiger partial charge in [-0.3, -0.25) is 4.79 Å². The number of amides is 1. The van der Waals surface area contributed by atoms with Gasteiger partial charge in [0, 0.05) is 0 Å². The van der Waals surface area contributed by atoms with Crippen LogP contribution in [0.5, 0.6) is 0 Å². The van der Waals surface area contributed by atoms with E-state index >= 15 is 0 Å². The molecule has 1 aliphatic rings. The highest BCUT2D eigenvalue weighted by molar-refractivity contribution is 7.16. The molecule has 2 rings (SSSR count). The van der Waals surface area contributed by atoms with E-state index in [2.05, 4.69) is 29.5 Å². The Balaban J connectivity index is 0.00000200. The molecule has 0 aromatic carbocycles. The van der Waals surface area contributed by atoms with Crippen LogP contribution in [-0.4, -0.2) is 24.0 Å². The van der Waals surface area contributed by atoms with Crippen LogP contribution in [0.15, 0.2) is 0 Å². The number of halogens is 1. The summed E-state index contributed by atoms with van der Waals surface area (Å²) >= 11 is 1.57. The molecule has 1 aromatic rings. The maximum atomic E-state index is 11.9. The Kier molecular flexibility index (Phi) is 6.92. The highest BCUT2D eigenvalue weighted by Gasteiger charge is 2.20. The van der Waals surface area contributed by atoms with Gasteiger partial charge in [-0.05, 0) is 44.6 Å². The first kappa shape index (κ1) is 17.4. The lowest BCUT2D eigenvalue weighted by molar-refractivity contribution is -0.115. The molecule has 1 aromatic heterocycles. The number of nitrogens with one attached hydrogen (secondary N) is 2. The average molecular weight is 318 g/mol. The Labute approximate surface area is 131 Å². The third-order valence-electron chi connectivity index (χ3n) is 3.07. The molecule has 0 atom stereocenters. The SMILES string of the molecule is Cc1nc(CC(C)C)c(NC(=O)CNCC2CC2)s1.Cl. The van der Waals surface area contributed by atoms with Crippen molar-refractivity contribution in [2.75, 3.05) is 18.4 Å². The van der Waals surface area contributed by atoms with Gasteiger partial charge in [0.1, 0.15) is 5.00 Å². The molecule has 114 valence electrons. The fourth-order valence-corrected chi connectivity index (χ4v) is 2.84. The van der Waals surface area contributed by atoms with E-state index in [1.807, 2.05) is 6.92 Å². The number of hydrogen-bond acceptors (Lipinski definition) is 4. The highest BCUT2D eigenvalue weighted by atomic mass is 35.5. The van der Waals surface area contributed by atoms with E-state index in [-0.39, 0.29) is 18.3 Å². The molecule has 0 aliphatic heterocycles. The predicted octanol–water partition coefficient (Wildman–Crippen LogP) is 3.01. The van der Waals surface area contributed by atoms with Crippen molar-refractivity contribution in [3.8, 4) is 0 Å². The Morgan fingerprint density at radius 3 is 2.75 bits per heavy atom. The monoisotopic (exact) mass is 317 g/mol. The van der Waals surface area contributed by atoms with Gasteiger partial charge >= 0.3 is 0 Å². The van der Waals surface area contributed by atoms with Crippen molar-refractivity contribution in [2.45, 2.75) is 40.0 Å². The van der Waals surface area contributed by atoms with Gasteiger partial charge in [-0.15, -0.1) is 23.7 Å². The number of thiazole rings is 1. The molecule has 2 N–H and O–H groups in total. The van der Waals surface area contributed by atoms with Gasteiger partial charge in [-0.25, -0.2) is 4.98 Å². The molecule has 1 fully saturated rings. The first-order chi connectivity index (χ1) is 9.04. The molecular formula is C14H24ClN3OS. The van der Waals surface area contributed by atoms with Crippen LogP contribution in [-0.2, 0) is 11.2 Å². The average Bonchev–Trinajstić information content (AvgIpc) is 3.05. The zero-order valence-electron chi connectivity index (χ0n) is 12.4. The van der Waals surface area contributed by atoms with E-state index in [1.54, 1.807) is 11.3 Å². The van der Waals surface area contributed by atoms with E-state index in [0.717, 1.165) is 34.6 Å². The van der Waals surface area contributed by atoms with Crippen LogP contribution >= 0.6 is 23.7 Å². The number of aryl methyl sites for hydroxylation is 1. The minimum Gasteiger partial charge on any atom is -0.315 e. The molecule has 1 heterocycles. The summed E-state index contributed by atoms with van der Waals surface area (Å²) in [5, 5.41) is 8.12. The molecule has 1 amide bonds. The van der Waals surface area contributed by atoms with E-state index in [1.165, 1.54) is 12.8 Å². The van der Waals surface area contributed by atoms with Crippen LogP contribution in [0.1, 0.15) is 37.4 Å². The van der Waals surface area contributed by atoms with Crippen molar-refractivity contribution < 1.29 is 4.79 Å². The summed E-state index contributed by atoms with van der Waals surface area (Å²) in [6.45, 7) is 7.67. The van der Waals surface area contributed by atoms with Gasteiger partial charge < -0.3 is 10.6 Å². The van der Waals surface area contributed by atoms with E-state index < -0.39 is 0 Å². The number of nitrogens with zero attached hydrogens (tertiary/aromatic N) is 1. The molecule has 4 nitrogen and oxygen atoms in total. The molecule has 0 bridgehead atoms. The normalized spacial score (nSPS) is 14.2. The molecule has 0 spiro atoms. The summed E-state index contributed by atoms with van der Waals surface area (Å²) in [5.41, 5.74) is 1.02. The molecule has 0 saturated heterocycles. The summed E-state index contributed by atoms with van der Waals surface area (Å²) in [6.07, 6.45) is 3.53. The van der Waals surface area contributed by atoms with Crippen molar-refractivity contribution in [1.29, 1.82) is 0 Å². The van der Waals surface area contributed by atoms with Crippen LogP contribution < -0.4 is 10.6 Å². The molecular weight excluding hydrogens is 294 g/mol. The topological polar surface area (TPSA) is 54.0 Å². The molecule has 1 saturated carbocycles. The maximum absolute atomic E-state index is 11.9. The standard InChI is InChI=1S/C14H23N3OS.ClH/c1-9(2)6-12-14(19-10(3)16-12)17-13(18)8-15-7-11-4-5-11;/h9,11,15H,4-8H2,1-3H3,(H,17,18);1H. The minimum absolute atomic E-state index is 0. The quantitative estimate of drug-likeness (QED) is 0.813. The molecule has 6 heteroatoms. The first-order valence-corrected chi connectivity index (χ1v) is 7.83. The second-order valence-electron chi connectivity index (χ2n) is 5.73. The first-order valence-electron chi connectivity index (χ1n) is 7.01. The van der Waals surface area contributed by atoms with Gasteiger partial charge in [0.2, 0.25) is 5.91 Å². The molecule has 1 aliphatic carbocycles. The predicted molar refractivity (Wildman–Crippen MR) is 86.9 cm³/mol. The Morgan fingerprint density at radius 2 is 2.15 bits per heavy atom. The van der Waals surface area contributed by atoms with E-state index in [9.17, 15) is 4.79 Å². The Bertz CT molecular complexity index is 444. The van der Waals surface area contributed by atoms with Crippen molar-refractivity contribution in [2.24, 2.45) is 11.8 Å². The second kappa shape index (κ2) is 7.96. The van der Waals surface area contributed by atoms with Crippen LogP contribution in [0.3, 0.4) is 0 Å². The summed E-state index contributed by atoms with van der Waals surface area (Å²) in [6, 6.07) is 0. The summed E-state index contributed by atoms with van der Waals surface area (Å²) in [4.78, 5) is 16.4. The van der Waals surface area contributed by atoms with Crippen molar-refractivity contribution in [3.05, 3.63) is 10.7 Å². The van der Waals surface area contributed by atoms with Crippen molar-refractivity contribution in [1.82, 2.24) is 10.3 Å². The van der Waals surface area contributed by atoms with Gasteiger partial charge in [-0.2, -0.15) is 0 Å². The van der Waals surface area contributed by atoms with Gasteiger partial charge in [0.25, 0.3) is 0 Å². The highest BCUT2D eigenvalue weighted by Crippen LogP contribution is 2.28. The summed E-state index contributed by atoms with van der Waals surface area (Å²) in [7, 11) is 0. The third kappa shape index (κ3) is 5.77. The lowest BCUT2D eigenvalue weighted by Crippen LogP contribution is -2.29. The zero-order valence-corrected chi connectivity index (χ0v) is 14.0. The number of rotatable bonds is 7. The van der Waals surface area contributed by atoms with Crippen molar-refractivity contribution >= 4 is 34.7 Å². The maximum Gasteiger partial charge on any atom is 0.238 e. The number of aromatic nitrogens is 1. The lowest BCUT2D eigenvalue weighted by atomic mass is 10.1. The molecule has 0 unspecified atom stereocenters. The largest absolute Gasteiger partial charge is 0.315 e. The summed E-state index contributed by atoms with van der Waals surface area (Å²) < 4.78 is 0. The molecule has 0 radical (unpaired) electrons. The number of hydrogen-bond donors (Lipinski definition) is 2. The second-order valence-corrected chi connectivity index (χ2v) is 6.93. The van der Waals surface area contributed by atoms with E-state index in [0.29, 0.717) is 12.5 Å². The van der Waals surface area contributed by atoms with Gasteiger partial charge in [0.15, 0.2) is 0 Å². The van der Waals surface area contributed by atoms with Gasteiger partial charge in [0.05, 0.1) is 17.2 Å². The number of carbonyl (C=O) groups is 1. The zero-order chi connectivity index (χ0) is 13.8. The Hall–Kier alpha value is -0.650. The van der Waals surface area contributed by atoms with Gasteiger partial charge in [-0.1, -0.05) is 13.8 Å².